The molecule has 3 rings (SSSR count). The van der Waals surface area contributed by atoms with Gasteiger partial charge in [0.15, 0.2) is 5.16 Å². The molecule has 100 valence electrons. The van der Waals surface area contributed by atoms with Crippen molar-refractivity contribution < 1.29 is 8.78 Å². The topological polar surface area (TPSA) is 30.7 Å². The fourth-order valence-electron chi connectivity index (χ4n) is 1.94. The van der Waals surface area contributed by atoms with Crippen LogP contribution in [-0.2, 0) is 0 Å². The first-order valence-corrected chi connectivity index (χ1v) is 7.16. The van der Waals surface area contributed by atoms with Gasteiger partial charge in [-0.05, 0) is 25.0 Å². The molecule has 0 atom stereocenters. The lowest BCUT2D eigenvalue weighted by Gasteiger charge is -2.09. The van der Waals surface area contributed by atoms with Gasteiger partial charge in [0.2, 0.25) is 6.43 Å². The monoisotopic (exact) mass is 281 g/mol. The van der Waals surface area contributed by atoms with E-state index in [0.717, 1.165) is 36.1 Å². The van der Waals surface area contributed by atoms with E-state index in [1.165, 1.54) is 0 Å². The molecule has 1 aromatic carbocycles. The summed E-state index contributed by atoms with van der Waals surface area (Å²) in [4.78, 5) is 0. The van der Waals surface area contributed by atoms with Crippen LogP contribution in [-0.4, -0.2) is 26.9 Å². The zero-order valence-electron chi connectivity index (χ0n) is 10.2. The number of alkyl halides is 2. The second-order valence-electron chi connectivity index (χ2n) is 4.49. The number of hydrogen-bond acceptors (Lipinski definition) is 3. The number of benzene rings is 1. The Kier molecular flexibility index (Phi) is 3.50. The number of halogens is 2. The van der Waals surface area contributed by atoms with Crippen molar-refractivity contribution in [2.24, 2.45) is 0 Å². The van der Waals surface area contributed by atoms with Gasteiger partial charge in [-0.2, -0.15) is 0 Å². The molecular formula is C13H13F2N3S. The fourth-order valence-corrected chi connectivity index (χ4v) is 2.64. The van der Waals surface area contributed by atoms with Crippen LogP contribution in [0.3, 0.4) is 0 Å². The molecule has 1 fully saturated rings. The zero-order valence-corrected chi connectivity index (χ0v) is 11.0. The van der Waals surface area contributed by atoms with Gasteiger partial charge in [-0.25, -0.2) is 8.78 Å². The van der Waals surface area contributed by atoms with Gasteiger partial charge in [0.05, 0.1) is 5.75 Å². The summed E-state index contributed by atoms with van der Waals surface area (Å²) >= 11 is 1.06. The van der Waals surface area contributed by atoms with Crippen molar-refractivity contribution in [2.45, 2.75) is 30.3 Å². The molecule has 1 aliphatic carbocycles. The van der Waals surface area contributed by atoms with Gasteiger partial charge in [-0.3, -0.25) is 4.57 Å². The van der Waals surface area contributed by atoms with Crippen LogP contribution in [0.2, 0.25) is 0 Å². The Balaban J connectivity index is 1.96. The Hall–Kier alpha value is -1.43. The van der Waals surface area contributed by atoms with Crippen LogP contribution >= 0.6 is 11.8 Å². The Morgan fingerprint density at radius 2 is 1.95 bits per heavy atom. The minimum Gasteiger partial charge on any atom is -0.274 e. The van der Waals surface area contributed by atoms with Crippen LogP contribution < -0.4 is 0 Å². The molecule has 0 N–H and O–H groups in total. The van der Waals surface area contributed by atoms with Crippen molar-refractivity contribution in [3.8, 4) is 5.69 Å². The second kappa shape index (κ2) is 5.28. The Morgan fingerprint density at radius 3 is 2.58 bits per heavy atom. The van der Waals surface area contributed by atoms with Crippen LogP contribution in [0.5, 0.6) is 0 Å². The van der Waals surface area contributed by atoms with E-state index < -0.39 is 6.43 Å². The normalized spacial score (nSPS) is 15.1. The van der Waals surface area contributed by atoms with Crippen molar-refractivity contribution in [3.05, 3.63) is 36.2 Å². The fraction of sp³-hybridized carbons (Fsp3) is 0.385. The summed E-state index contributed by atoms with van der Waals surface area (Å²) in [6.07, 6.45) is -0.134. The Labute approximate surface area is 114 Å². The van der Waals surface area contributed by atoms with Crippen molar-refractivity contribution in [1.29, 1.82) is 0 Å². The summed E-state index contributed by atoms with van der Waals surface area (Å²) < 4.78 is 26.6. The summed E-state index contributed by atoms with van der Waals surface area (Å²) in [6.45, 7) is 0. The van der Waals surface area contributed by atoms with Crippen LogP contribution in [0.25, 0.3) is 5.69 Å². The van der Waals surface area contributed by atoms with Gasteiger partial charge in [0.1, 0.15) is 5.82 Å². The molecule has 0 radical (unpaired) electrons. The molecule has 1 aliphatic rings. The van der Waals surface area contributed by atoms with Crippen molar-refractivity contribution in [1.82, 2.24) is 14.8 Å². The van der Waals surface area contributed by atoms with Crippen LogP contribution in [0.15, 0.2) is 35.5 Å². The number of nitrogens with zero attached hydrogens (tertiary/aromatic N) is 3. The molecule has 1 aromatic heterocycles. The molecule has 0 bridgehead atoms. The molecule has 3 nitrogen and oxygen atoms in total. The van der Waals surface area contributed by atoms with Crippen molar-refractivity contribution in [3.63, 3.8) is 0 Å². The number of rotatable bonds is 5. The van der Waals surface area contributed by atoms with E-state index in [1.54, 1.807) is 0 Å². The summed E-state index contributed by atoms with van der Waals surface area (Å²) in [6, 6.07) is 9.67. The first-order valence-electron chi connectivity index (χ1n) is 6.17. The molecule has 6 heteroatoms. The summed E-state index contributed by atoms with van der Waals surface area (Å²) in [7, 11) is 0. The number of hydrogen-bond donors (Lipinski definition) is 0. The Bertz CT molecular complexity index is 552. The number of aromatic nitrogens is 3. The highest BCUT2D eigenvalue weighted by Crippen LogP contribution is 2.41. The maximum Gasteiger partial charge on any atom is 0.248 e. The lowest BCUT2D eigenvalue weighted by molar-refractivity contribution is 0.176. The van der Waals surface area contributed by atoms with Crippen LogP contribution in [0.1, 0.15) is 24.6 Å². The lowest BCUT2D eigenvalue weighted by atomic mass is 10.3. The van der Waals surface area contributed by atoms with Gasteiger partial charge < -0.3 is 0 Å². The lowest BCUT2D eigenvalue weighted by Crippen LogP contribution is -2.03. The third-order valence-corrected chi connectivity index (χ3v) is 3.89. The van der Waals surface area contributed by atoms with Crippen molar-refractivity contribution >= 4 is 11.8 Å². The zero-order chi connectivity index (χ0) is 13.2. The molecule has 19 heavy (non-hydrogen) atoms. The van der Waals surface area contributed by atoms with E-state index in [1.807, 2.05) is 34.9 Å². The standard InChI is InChI=1S/C13H13F2N3S/c14-11(15)8-19-13-17-16-12(9-6-7-9)18(13)10-4-2-1-3-5-10/h1-5,9,11H,6-8H2. The highest BCUT2D eigenvalue weighted by Gasteiger charge is 2.31. The molecule has 0 aliphatic heterocycles. The van der Waals surface area contributed by atoms with Gasteiger partial charge in [-0.15, -0.1) is 10.2 Å². The molecule has 0 spiro atoms. The quantitative estimate of drug-likeness (QED) is 0.786. The summed E-state index contributed by atoms with van der Waals surface area (Å²) in [5, 5.41) is 8.80. The highest BCUT2D eigenvalue weighted by molar-refractivity contribution is 7.99. The highest BCUT2D eigenvalue weighted by atomic mass is 32.2. The molecule has 2 aromatic rings. The van der Waals surface area contributed by atoms with Gasteiger partial charge in [-0.1, -0.05) is 30.0 Å². The SMILES string of the molecule is FC(F)CSc1nnc(C2CC2)n1-c1ccccc1. The second-order valence-corrected chi connectivity index (χ2v) is 5.48. The molecule has 0 unspecified atom stereocenters. The smallest absolute Gasteiger partial charge is 0.248 e. The number of para-hydroxylation sites is 1. The van der Waals surface area contributed by atoms with E-state index in [0.29, 0.717) is 11.1 Å². The molecule has 0 saturated heterocycles. The van der Waals surface area contributed by atoms with E-state index in [9.17, 15) is 8.78 Å². The number of thioether (sulfide) groups is 1. The van der Waals surface area contributed by atoms with Gasteiger partial charge in [0.25, 0.3) is 0 Å². The minimum atomic E-state index is -2.34. The summed E-state index contributed by atoms with van der Waals surface area (Å²) in [5.41, 5.74) is 0.936. The first-order chi connectivity index (χ1) is 9.25. The molecular weight excluding hydrogens is 268 g/mol. The predicted molar refractivity (Wildman–Crippen MR) is 70.1 cm³/mol. The average Bonchev–Trinajstić information content (AvgIpc) is 3.17. The third-order valence-electron chi connectivity index (χ3n) is 2.95. The van der Waals surface area contributed by atoms with Crippen LogP contribution in [0, 0.1) is 0 Å². The third kappa shape index (κ3) is 2.78. The minimum absolute atomic E-state index is 0.254. The van der Waals surface area contributed by atoms with Crippen molar-refractivity contribution in [2.75, 3.05) is 5.75 Å². The first kappa shape index (κ1) is 12.6. The van der Waals surface area contributed by atoms with E-state index in [4.69, 9.17) is 0 Å². The van der Waals surface area contributed by atoms with E-state index >= 15 is 0 Å². The molecule has 1 heterocycles. The van der Waals surface area contributed by atoms with E-state index in [-0.39, 0.29) is 5.75 Å². The predicted octanol–water partition coefficient (Wildman–Crippen LogP) is 3.50. The van der Waals surface area contributed by atoms with E-state index in [2.05, 4.69) is 10.2 Å². The van der Waals surface area contributed by atoms with Crippen LogP contribution in [0.4, 0.5) is 8.78 Å². The van der Waals surface area contributed by atoms with Gasteiger partial charge >= 0.3 is 0 Å². The molecule has 1 saturated carbocycles. The largest absolute Gasteiger partial charge is 0.274 e. The van der Waals surface area contributed by atoms with Gasteiger partial charge in [0, 0.05) is 11.6 Å². The summed E-state index contributed by atoms with van der Waals surface area (Å²) in [5.74, 6) is 1.06. The Morgan fingerprint density at radius 1 is 1.21 bits per heavy atom. The maximum absolute atomic E-state index is 12.4. The molecule has 0 amide bonds. The average molecular weight is 281 g/mol. The maximum atomic E-state index is 12.4.